The van der Waals surface area contributed by atoms with E-state index in [2.05, 4.69) is 24.0 Å². The minimum Gasteiger partial charge on any atom is -0.337 e. The van der Waals surface area contributed by atoms with Gasteiger partial charge in [0.05, 0.1) is 5.75 Å². The fourth-order valence-electron chi connectivity index (χ4n) is 2.56. The monoisotopic (exact) mass is 349 g/mol. The molecule has 0 saturated carbocycles. The van der Waals surface area contributed by atoms with E-state index >= 15 is 0 Å². The second-order valence-electron chi connectivity index (χ2n) is 6.11. The van der Waals surface area contributed by atoms with Crippen molar-refractivity contribution in [2.45, 2.75) is 39.2 Å². The van der Waals surface area contributed by atoms with Crippen molar-refractivity contribution in [1.29, 1.82) is 0 Å². The average molecular weight is 349 g/mol. The maximum atomic E-state index is 12.0. The van der Waals surface area contributed by atoms with Crippen LogP contribution in [0.3, 0.4) is 0 Å². The molecule has 1 aliphatic rings. The van der Waals surface area contributed by atoms with Gasteiger partial charge in [0.1, 0.15) is 6.54 Å². The molecule has 0 bridgehead atoms. The number of sulfonamides is 1. The lowest BCUT2D eigenvalue weighted by atomic mass is 10.0. The first-order chi connectivity index (χ1) is 11.4. The fourth-order valence-corrected chi connectivity index (χ4v) is 4.00. The first kappa shape index (κ1) is 16.6. The van der Waals surface area contributed by atoms with Crippen molar-refractivity contribution in [2.75, 3.05) is 5.75 Å². The summed E-state index contributed by atoms with van der Waals surface area (Å²) in [6.07, 6.45) is 0.575. The molecule has 0 unspecified atom stereocenters. The third-order valence-corrected chi connectivity index (χ3v) is 5.80. The van der Waals surface area contributed by atoms with Crippen LogP contribution in [0.5, 0.6) is 0 Å². The Labute approximate surface area is 140 Å². The number of rotatable bonds is 4. The topological polar surface area (TPSA) is 93.4 Å². The smallest absolute Gasteiger partial charge is 0.247 e. The summed E-state index contributed by atoms with van der Waals surface area (Å²) in [7, 11) is -3.59. The SMILES string of the molecule is CC(C)c1ccc(-c2noc(CN3C(=O)CCCS3(=O)=O)n2)cc1. The minimum absolute atomic E-state index is 0.0314. The van der Waals surface area contributed by atoms with Crippen LogP contribution < -0.4 is 0 Å². The van der Waals surface area contributed by atoms with Crippen molar-refractivity contribution in [3.05, 3.63) is 35.7 Å². The average Bonchev–Trinajstić information content (AvgIpc) is 3.00. The predicted octanol–water partition coefficient (Wildman–Crippen LogP) is 2.31. The highest BCUT2D eigenvalue weighted by Crippen LogP contribution is 2.22. The van der Waals surface area contributed by atoms with E-state index in [1.165, 1.54) is 5.56 Å². The van der Waals surface area contributed by atoms with Crippen LogP contribution >= 0.6 is 0 Å². The van der Waals surface area contributed by atoms with Gasteiger partial charge in [-0.15, -0.1) is 0 Å². The first-order valence-electron chi connectivity index (χ1n) is 7.83. The highest BCUT2D eigenvalue weighted by Gasteiger charge is 2.33. The second kappa shape index (κ2) is 6.35. The Morgan fingerprint density at radius 1 is 1.25 bits per heavy atom. The summed E-state index contributed by atoms with van der Waals surface area (Å²) in [5, 5.41) is 3.88. The van der Waals surface area contributed by atoms with E-state index in [-0.39, 0.29) is 24.6 Å². The van der Waals surface area contributed by atoms with Crippen molar-refractivity contribution >= 4 is 15.9 Å². The standard InChI is InChI=1S/C16H19N3O4S/c1-11(2)12-5-7-13(8-6-12)16-17-14(23-18-16)10-19-15(20)4-3-9-24(19,21)22/h5-8,11H,3-4,9-10H2,1-2H3. The zero-order chi connectivity index (χ0) is 17.3. The van der Waals surface area contributed by atoms with Crippen LogP contribution in [-0.4, -0.2) is 34.5 Å². The van der Waals surface area contributed by atoms with Crippen LogP contribution in [0.4, 0.5) is 0 Å². The Morgan fingerprint density at radius 2 is 1.96 bits per heavy atom. The van der Waals surface area contributed by atoms with E-state index in [0.717, 1.165) is 9.87 Å². The van der Waals surface area contributed by atoms with Gasteiger partial charge in [0, 0.05) is 12.0 Å². The van der Waals surface area contributed by atoms with Crippen LogP contribution in [0.2, 0.25) is 0 Å². The van der Waals surface area contributed by atoms with Crippen LogP contribution in [-0.2, 0) is 21.4 Å². The third kappa shape index (κ3) is 3.33. The predicted molar refractivity (Wildman–Crippen MR) is 87.4 cm³/mol. The maximum Gasteiger partial charge on any atom is 0.247 e. The van der Waals surface area contributed by atoms with E-state index < -0.39 is 15.9 Å². The molecule has 0 spiro atoms. The first-order valence-corrected chi connectivity index (χ1v) is 9.44. The van der Waals surface area contributed by atoms with Gasteiger partial charge in [-0.05, 0) is 17.9 Å². The highest BCUT2D eigenvalue weighted by atomic mass is 32.2. The third-order valence-electron chi connectivity index (χ3n) is 3.99. The summed E-state index contributed by atoms with van der Waals surface area (Å²) in [5.41, 5.74) is 1.98. The molecule has 1 amide bonds. The lowest BCUT2D eigenvalue weighted by molar-refractivity contribution is -0.127. The molecular weight excluding hydrogens is 330 g/mol. The lowest BCUT2D eigenvalue weighted by Gasteiger charge is -2.24. The number of carbonyl (C=O) groups is 1. The quantitative estimate of drug-likeness (QED) is 0.841. The van der Waals surface area contributed by atoms with Crippen molar-refractivity contribution in [3.8, 4) is 11.4 Å². The van der Waals surface area contributed by atoms with Crippen molar-refractivity contribution in [3.63, 3.8) is 0 Å². The van der Waals surface area contributed by atoms with Gasteiger partial charge in [-0.3, -0.25) is 4.79 Å². The van der Waals surface area contributed by atoms with Gasteiger partial charge in [0.25, 0.3) is 0 Å². The molecule has 0 atom stereocenters. The number of hydrogen-bond acceptors (Lipinski definition) is 6. The van der Waals surface area contributed by atoms with E-state index in [1.54, 1.807) is 0 Å². The van der Waals surface area contributed by atoms with Gasteiger partial charge < -0.3 is 4.52 Å². The number of benzene rings is 1. The van der Waals surface area contributed by atoms with E-state index in [1.807, 2.05) is 24.3 Å². The van der Waals surface area contributed by atoms with Gasteiger partial charge in [-0.1, -0.05) is 43.3 Å². The normalized spacial score (nSPS) is 17.5. The van der Waals surface area contributed by atoms with Crippen LogP contribution in [0.1, 0.15) is 44.1 Å². The largest absolute Gasteiger partial charge is 0.337 e. The summed E-state index contributed by atoms with van der Waals surface area (Å²) in [5.74, 6) is 0.451. The summed E-state index contributed by atoms with van der Waals surface area (Å²) in [6.45, 7) is 4.01. The molecular formula is C16H19N3O4S. The number of nitrogens with zero attached hydrogens (tertiary/aromatic N) is 3. The molecule has 1 saturated heterocycles. The molecule has 0 N–H and O–H groups in total. The number of carbonyl (C=O) groups excluding carboxylic acids is 1. The Bertz CT molecular complexity index is 840. The van der Waals surface area contributed by atoms with Crippen molar-refractivity contribution in [1.82, 2.24) is 14.4 Å². The Kier molecular flexibility index (Phi) is 4.40. The molecule has 1 aromatic heterocycles. The van der Waals surface area contributed by atoms with Gasteiger partial charge in [0.15, 0.2) is 0 Å². The number of amides is 1. The Balaban J connectivity index is 1.79. The molecule has 0 aliphatic carbocycles. The molecule has 1 fully saturated rings. The molecule has 24 heavy (non-hydrogen) atoms. The van der Waals surface area contributed by atoms with Gasteiger partial charge >= 0.3 is 0 Å². The van der Waals surface area contributed by atoms with E-state index in [4.69, 9.17) is 4.52 Å². The lowest BCUT2D eigenvalue weighted by Crippen LogP contribution is -2.41. The van der Waals surface area contributed by atoms with Gasteiger partial charge in [-0.25, -0.2) is 12.7 Å². The molecule has 1 aliphatic heterocycles. The molecule has 2 aromatic rings. The molecule has 2 heterocycles. The molecule has 128 valence electrons. The summed E-state index contributed by atoms with van der Waals surface area (Å²) in [6, 6.07) is 7.78. The zero-order valence-corrected chi connectivity index (χ0v) is 14.4. The van der Waals surface area contributed by atoms with Crippen molar-refractivity contribution < 1.29 is 17.7 Å². The second-order valence-corrected chi connectivity index (χ2v) is 8.12. The summed E-state index contributed by atoms with van der Waals surface area (Å²) in [4.78, 5) is 16.1. The van der Waals surface area contributed by atoms with E-state index in [0.29, 0.717) is 18.2 Å². The fraction of sp³-hybridized carbons (Fsp3) is 0.438. The molecule has 3 rings (SSSR count). The van der Waals surface area contributed by atoms with Crippen LogP contribution in [0.25, 0.3) is 11.4 Å². The molecule has 7 nitrogen and oxygen atoms in total. The molecule has 8 heteroatoms. The summed E-state index contributed by atoms with van der Waals surface area (Å²) < 4.78 is 29.9. The van der Waals surface area contributed by atoms with E-state index in [9.17, 15) is 13.2 Å². The number of aromatic nitrogens is 2. The van der Waals surface area contributed by atoms with Gasteiger partial charge in [-0.2, -0.15) is 4.98 Å². The van der Waals surface area contributed by atoms with Crippen LogP contribution in [0, 0.1) is 0 Å². The molecule has 1 aromatic carbocycles. The number of hydrogen-bond donors (Lipinski definition) is 0. The maximum absolute atomic E-state index is 12.0. The van der Waals surface area contributed by atoms with Crippen LogP contribution in [0.15, 0.2) is 28.8 Å². The Morgan fingerprint density at radius 3 is 2.58 bits per heavy atom. The summed E-state index contributed by atoms with van der Waals surface area (Å²) >= 11 is 0. The zero-order valence-electron chi connectivity index (χ0n) is 13.6. The highest BCUT2D eigenvalue weighted by molar-refractivity contribution is 7.89. The Hall–Kier alpha value is -2.22. The molecule has 0 radical (unpaired) electrons. The van der Waals surface area contributed by atoms with Gasteiger partial charge in [0.2, 0.25) is 27.6 Å². The van der Waals surface area contributed by atoms with Crippen molar-refractivity contribution in [2.24, 2.45) is 0 Å². The minimum atomic E-state index is -3.59.